The summed E-state index contributed by atoms with van der Waals surface area (Å²) in [6.07, 6.45) is 0. The highest BCUT2D eigenvalue weighted by atomic mass is 16.9. The van der Waals surface area contributed by atoms with Gasteiger partial charge < -0.3 is 4.84 Å². The molecule has 9 heteroatoms. The molecule has 1 aromatic rings. The maximum Gasteiger partial charge on any atom is 0.294 e. The Kier molecular flexibility index (Phi) is 4.03. The Balaban J connectivity index is 2.78. The number of hydrogen-bond donors (Lipinski definition) is 0. The summed E-state index contributed by atoms with van der Waals surface area (Å²) < 4.78 is 0. The second-order valence-electron chi connectivity index (χ2n) is 2.99. The molecule has 0 amide bonds. The van der Waals surface area contributed by atoms with Crippen LogP contribution in [0.3, 0.4) is 0 Å². The molecule has 1 aromatic carbocycles. The predicted molar refractivity (Wildman–Crippen MR) is 54.6 cm³/mol. The van der Waals surface area contributed by atoms with Gasteiger partial charge in [-0.05, 0) is 17.7 Å². The van der Waals surface area contributed by atoms with Crippen molar-refractivity contribution in [1.82, 2.24) is 0 Å². The SMILES string of the molecule is O=NC(CO[N+](=O)[O-])c1ccc([N+](=O)[O-])cc1. The van der Waals surface area contributed by atoms with Crippen molar-refractivity contribution >= 4 is 5.69 Å². The molecule has 0 radical (unpaired) electrons. The van der Waals surface area contributed by atoms with Crippen molar-refractivity contribution in [3.63, 3.8) is 0 Å². The number of nitroso groups, excluding NO2 is 1. The van der Waals surface area contributed by atoms with Gasteiger partial charge in [0.25, 0.3) is 10.8 Å². The van der Waals surface area contributed by atoms with Crippen LogP contribution in [0.1, 0.15) is 11.6 Å². The molecule has 90 valence electrons. The van der Waals surface area contributed by atoms with Crippen LogP contribution in [0.4, 0.5) is 5.69 Å². The normalized spacial score (nSPS) is 11.5. The first-order chi connectivity index (χ1) is 8.04. The number of nitro benzene ring substituents is 1. The van der Waals surface area contributed by atoms with E-state index in [4.69, 9.17) is 0 Å². The first-order valence-electron chi connectivity index (χ1n) is 4.38. The van der Waals surface area contributed by atoms with Crippen LogP contribution >= 0.6 is 0 Å². The van der Waals surface area contributed by atoms with Crippen LogP contribution in [0.5, 0.6) is 0 Å². The minimum absolute atomic E-state index is 0.145. The monoisotopic (exact) mass is 241 g/mol. The van der Waals surface area contributed by atoms with Crippen molar-refractivity contribution < 1.29 is 14.8 Å². The average molecular weight is 241 g/mol. The highest BCUT2D eigenvalue weighted by Gasteiger charge is 2.15. The first kappa shape index (κ1) is 12.5. The fourth-order valence-electron chi connectivity index (χ4n) is 1.14. The summed E-state index contributed by atoms with van der Waals surface area (Å²) in [5.41, 5.74) is 0.168. The van der Waals surface area contributed by atoms with Crippen LogP contribution in [0, 0.1) is 25.1 Å². The van der Waals surface area contributed by atoms with Gasteiger partial charge in [-0.15, -0.1) is 10.1 Å². The van der Waals surface area contributed by atoms with Crippen LogP contribution in [0.2, 0.25) is 0 Å². The number of nitro groups is 1. The van der Waals surface area contributed by atoms with Crippen molar-refractivity contribution in [2.45, 2.75) is 6.04 Å². The minimum Gasteiger partial charge on any atom is -0.311 e. The zero-order valence-electron chi connectivity index (χ0n) is 8.38. The fraction of sp³-hybridized carbons (Fsp3) is 0.250. The third-order valence-electron chi connectivity index (χ3n) is 1.95. The van der Waals surface area contributed by atoms with Crippen molar-refractivity contribution in [2.75, 3.05) is 6.61 Å². The number of nitrogens with zero attached hydrogens (tertiary/aromatic N) is 3. The van der Waals surface area contributed by atoms with Gasteiger partial charge in [-0.1, -0.05) is 5.18 Å². The zero-order chi connectivity index (χ0) is 12.8. The molecule has 1 unspecified atom stereocenters. The largest absolute Gasteiger partial charge is 0.311 e. The molecule has 0 heterocycles. The third kappa shape index (κ3) is 3.48. The fourth-order valence-corrected chi connectivity index (χ4v) is 1.14. The van der Waals surface area contributed by atoms with Gasteiger partial charge in [-0.25, -0.2) is 0 Å². The summed E-state index contributed by atoms with van der Waals surface area (Å²) in [5.74, 6) is 0. The molecule has 0 fully saturated rings. The Labute approximate surface area is 94.2 Å². The highest BCUT2D eigenvalue weighted by molar-refractivity contribution is 5.34. The molecule has 17 heavy (non-hydrogen) atoms. The smallest absolute Gasteiger partial charge is 0.294 e. The van der Waals surface area contributed by atoms with Crippen molar-refractivity contribution in [3.05, 3.63) is 55.0 Å². The molecular weight excluding hydrogens is 234 g/mol. The van der Waals surface area contributed by atoms with Gasteiger partial charge in [0.2, 0.25) is 0 Å². The molecule has 0 N–H and O–H groups in total. The molecule has 0 saturated heterocycles. The van der Waals surface area contributed by atoms with E-state index in [1.165, 1.54) is 24.3 Å². The predicted octanol–water partition coefficient (Wildman–Crippen LogP) is 1.61. The first-order valence-corrected chi connectivity index (χ1v) is 4.38. The molecule has 1 rings (SSSR count). The summed E-state index contributed by atoms with van der Waals surface area (Å²) in [4.78, 5) is 34.2. The number of hydrogen-bond acceptors (Lipinski definition) is 7. The second-order valence-corrected chi connectivity index (χ2v) is 2.99. The zero-order valence-corrected chi connectivity index (χ0v) is 8.38. The number of rotatable bonds is 6. The van der Waals surface area contributed by atoms with Crippen LogP contribution in [0.25, 0.3) is 0 Å². The molecular formula is C8H7N3O6. The van der Waals surface area contributed by atoms with Crippen LogP contribution < -0.4 is 0 Å². The average Bonchev–Trinajstić information content (AvgIpc) is 2.30. The lowest BCUT2D eigenvalue weighted by Crippen LogP contribution is -2.09. The highest BCUT2D eigenvalue weighted by Crippen LogP contribution is 2.20. The number of benzene rings is 1. The van der Waals surface area contributed by atoms with Gasteiger partial charge in [0.05, 0.1) is 4.92 Å². The Morgan fingerprint density at radius 1 is 1.24 bits per heavy atom. The van der Waals surface area contributed by atoms with Gasteiger partial charge in [-0.3, -0.25) is 10.1 Å². The van der Waals surface area contributed by atoms with Gasteiger partial charge in [-0.2, -0.15) is 4.91 Å². The van der Waals surface area contributed by atoms with Crippen molar-refractivity contribution in [1.29, 1.82) is 0 Å². The molecule has 0 aliphatic heterocycles. The second kappa shape index (κ2) is 5.49. The lowest BCUT2D eigenvalue weighted by atomic mass is 10.1. The summed E-state index contributed by atoms with van der Waals surface area (Å²) in [7, 11) is 0. The van der Waals surface area contributed by atoms with E-state index in [1.54, 1.807) is 0 Å². The minimum atomic E-state index is -1.07. The topological polar surface area (TPSA) is 125 Å². The van der Waals surface area contributed by atoms with E-state index >= 15 is 0 Å². The van der Waals surface area contributed by atoms with E-state index in [1.807, 2.05) is 0 Å². The maximum atomic E-state index is 10.5. The lowest BCUT2D eigenvalue weighted by Gasteiger charge is -2.07. The summed E-state index contributed by atoms with van der Waals surface area (Å²) in [5, 5.41) is 21.9. The van der Waals surface area contributed by atoms with E-state index in [-0.39, 0.29) is 5.69 Å². The van der Waals surface area contributed by atoms with E-state index in [9.17, 15) is 25.1 Å². The molecule has 0 aromatic heterocycles. The molecule has 0 bridgehead atoms. The Hall–Kier alpha value is -2.58. The summed E-state index contributed by atoms with van der Waals surface area (Å²) in [6.45, 7) is -0.520. The van der Waals surface area contributed by atoms with Crippen LogP contribution in [0.15, 0.2) is 29.4 Å². The van der Waals surface area contributed by atoms with Crippen LogP contribution in [-0.4, -0.2) is 16.6 Å². The Morgan fingerprint density at radius 3 is 2.24 bits per heavy atom. The number of non-ortho nitro benzene ring substituents is 1. The van der Waals surface area contributed by atoms with E-state index in [2.05, 4.69) is 10.0 Å². The van der Waals surface area contributed by atoms with Gasteiger partial charge in [0, 0.05) is 12.1 Å². The Bertz CT molecular complexity index is 431. The molecule has 9 nitrogen and oxygen atoms in total. The van der Waals surface area contributed by atoms with Crippen molar-refractivity contribution in [2.24, 2.45) is 5.18 Å². The molecule has 0 aliphatic carbocycles. The maximum absolute atomic E-state index is 10.5. The van der Waals surface area contributed by atoms with Crippen LogP contribution in [-0.2, 0) is 4.84 Å². The molecule has 1 atom stereocenters. The standard InChI is InChI=1S/C8H7N3O6/c12-9-8(5-17-11(15)16)6-1-3-7(4-2-6)10(13)14/h1-4,8H,5H2. The lowest BCUT2D eigenvalue weighted by molar-refractivity contribution is -0.758. The van der Waals surface area contributed by atoms with E-state index in [0.29, 0.717) is 5.56 Å². The van der Waals surface area contributed by atoms with Gasteiger partial charge >= 0.3 is 0 Å². The molecule has 0 saturated carbocycles. The molecule has 0 aliphatic rings. The summed E-state index contributed by atoms with van der Waals surface area (Å²) >= 11 is 0. The van der Waals surface area contributed by atoms with E-state index < -0.39 is 22.7 Å². The van der Waals surface area contributed by atoms with E-state index in [0.717, 1.165) is 0 Å². The van der Waals surface area contributed by atoms with Gasteiger partial charge in [0.1, 0.15) is 12.6 Å². The summed E-state index contributed by atoms with van der Waals surface area (Å²) in [6, 6.07) is 3.89. The van der Waals surface area contributed by atoms with Crippen molar-refractivity contribution in [3.8, 4) is 0 Å². The third-order valence-corrected chi connectivity index (χ3v) is 1.95. The van der Waals surface area contributed by atoms with Gasteiger partial charge in [0.15, 0.2) is 0 Å². The quantitative estimate of drug-likeness (QED) is 0.423. The Morgan fingerprint density at radius 2 is 1.82 bits per heavy atom. The molecule has 0 spiro atoms.